The van der Waals surface area contributed by atoms with Gasteiger partial charge in [0, 0.05) is 42.1 Å². The summed E-state index contributed by atoms with van der Waals surface area (Å²) >= 11 is 7.34. The van der Waals surface area contributed by atoms with E-state index < -0.39 is 17.1 Å². The highest BCUT2D eigenvalue weighted by Crippen LogP contribution is 2.36. The second-order valence-electron chi connectivity index (χ2n) is 7.38. The van der Waals surface area contributed by atoms with E-state index >= 15 is 0 Å². The van der Waals surface area contributed by atoms with Crippen molar-refractivity contribution in [2.45, 2.75) is 19.9 Å². The van der Waals surface area contributed by atoms with Crippen molar-refractivity contribution in [2.75, 3.05) is 0 Å². The number of halogens is 2. The van der Waals surface area contributed by atoms with E-state index in [9.17, 15) is 14.0 Å². The van der Waals surface area contributed by atoms with Gasteiger partial charge in [-0.05, 0) is 37.3 Å². The molecule has 0 aliphatic heterocycles. The predicted molar refractivity (Wildman–Crippen MR) is 132 cm³/mol. The van der Waals surface area contributed by atoms with Crippen molar-refractivity contribution in [1.29, 1.82) is 5.26 Å². The smallest absolute Gasteiger partial charge is 0.291 e. The lowest BCUT2D eigenvalue weighted by molar-refractivity contribution is 0.628. The average molecular weight is 497 g/mol. The van der Waals surface area contributed by atoms with Gasteiger partial charge in [0.2, 0.25) is 0 Å². The minimum atomic E-state index is -0.595. The highest BCUT2D eigenvalue weighted by molar-refractivity contribution is 7.22. The molecule has 0 amide bonds. The van der Waals surface area contributed by atoms with E-state index in [1.165, 1.54) is 41.4 Å². The lowest BCUT2D eigenvalue weighted by Gasteiger charge is -2.07. The molecule has 0 bridgehead atoms. The number of hydrogen-bond donors (Lipinski definition) is 0. The Morgan fingerprint density at radius 2 is 2.09 bits per heavy atom. The molecule has 0 unspecified atom stereocenters. The van der Waals surface area contributed by atoms with Gasteiger partial charge in [-0.25, -0.2) is 13.8 Å². The molecular formula is C23H18ClFN6O2S. The van der Waals surface area contributed by atoms with Crippen LogP contribution < -0.4 is 11.2 Å². The van der Waals surface area contributed by atoms with E-state index in [-0.39, 0.29) is 18.0 Å². The summed E-state index contributed by atoms with van der Waals surface area (Å²) in [5, 5.41) is 13.5. The predicted octanol–water partition coefficient (Wildman–Crippen LogP) is 4.19. The maximum Gasteiger partial charge on any atom is 0.335 e. The molecule has 4 rings (SSSR count). The van der Waals surface area contributed by atoms with Crippen molar-refractivity contribution in [3.8, 4) is 16.5 Å². The summed E-state index contributed by atoms with van der Waals surface area (Å²) < 4.78 is 17.8. The van der Waals surface area contributed by atoms with Crippen molar-refractivity contribution in [2.24, 2.45) is 12.0 Å². The third kappa shape index (κ3) is 4.48. The SMILES string of the molecule is Cc1cc(C=N/C=C/n2c(=O)c3sc(-c4ccc(F)cc4Cl)cc3n(CCC#N)c2=O)nn1C. The summed E-state index contributed by atoms with van der Waals surface area (Å²) in [6.45, 7) is 2.01. The standard InChI is InChI=1S/C23H18ClFN6O2S/c1-14-10-16(28-29(14)2)13-27-7-9-31-22(32)21-19(30(23(31)33)8-3-6-26)12-20(34-21)17-5-4-15(25)11-18(17)24/h4-5,7,9-13H,3,8H2,1-2H3/b9-7+,27-13?. The van der Waals surface area contributed by atoms with E-state index in [4.69, 9.17) is 16.9 Å². The molecule has 1 aromatic carbocycles. The molecule has 0 N–H and O–H groups in total. The van der Waals surface area contributed by atoms with Crippen LogP contribution in [0.1, 0.15) is 17.8 Å². The van der Waals surface area contributed by atoms with E-state index in [1.807, 2.05) is 26.1 Å². The summed E-state index contributed by atoms with van der Waals surface area (Å²) in [5.41, 5.74) is 1.41. The lowest BCUT2D eigenvalue weighted by Crippen LogP contribution is -2.36. The fraction of sp³-hybridized carbons (Fsp3) is 0.174. The molecule has 172 valence electrons. The van der Waals surface area contributed by atoms with Gasteiger partial charge in [0.15, 0.2) is 0 Å². The Morgan fingerprint density at radius 3 is 2.76 bits per heavy atom. The number of fused-ring (bicyclic) bond motifs is 1. The first kappa shape index (κ1) is 23.4. The molecule has 0 atom stereocenters. The molecule has 0 fully saturated rings. The number of aromatic nitrogens is 4. The molecule has 34 heavy (non-hydrogen) atoms. The van der Waals surface area contributed by atoms with E-state index in [0.29, 0.717) is 26.4 Å². The molecule has 0 radical (unpaired) electrons. The molecule has 8 nitrogen and oxygen atoms in total. The topological polar surface area (TPSA) is 98.0 Å². The normalized spacial score (nSPS) is 11.7. The Morgan fingerprint density at radius 1 is 1.29 bits per heavy atom. The van der Waals surface area contributed by atoms with Gasteiger partial charge in [-0.2, -0.15) is 10.4 Å². The summed E-state index contributed by atoms with van der Waals surface area (Å²) in [6, 6.07) is 9.50. The van der Waals surface area contributed by atoms with E-state index in [0.717, 1.165) is 21.6 Å². The number of hydrogen-bond acceptors (Lipinski definition) is 6. The Kier molecular flexibility index (Phi) is 6.58. The molecule has 3 heterocycles. The zero-order valence-corrected chi connectivity index (χ0v) is 19.8. The van der Waals surface area contributed by atoms with Crippen LogP contribution in [0.15, 0.2) is 51.1 Å². The van der Waals surface area contributed by atoms with Crippen LogP contribution >= 0.6 is 22.9 Å². The molecule has 0 aliphatic carbocycles. The Labute approximate surface area is 202 Å². The molecule has 0 saturated carbocycles. The van der Waals surface area contributed by atoms with E-state index in [1.54, 1.807) is 10.7 Å². The second kappa shape index (κ2) is 9.59. The van der Waals surface area contributed by atoms with Gasteiger partial charge < -0.3 is 0 Å². The van der Waals surface area contributed by atoms with Gasteiger partial charge in [-0.3, -0.25) is 19.0 Å². The first-order chi connectivity index (χ1) is 16.3. The number of rotatable bonds is 6. The number of nitriles is 1. The van der Waals surface area contributed by atoms with Crippen molar-refractivity contribution in [1.82, 2.24) is 18.9 Å². The average Bonchev–Trinajstić information content (AvgIpc) is 3.36. The van der Waals surface area contributed by atoms with Gasteiger partial charge in [0.1, 0.15) is 16.2 Å². The molecule has 0 saturated heterocycles. The number of nitrogens with zero attached hydrogens (tertiary/aromatic N) is 6. The third-order valence-corrected chi connectivity index (χ3v) is 6.60. The number of benzene rings is 1. The van der Waals surface area contributed by atoms with Gasteiger partial charge in [0.25, 0.3) is 5.56 Å². The van der Waals surface area contributed by atoms with Gasteiger partial charge >= 0.3 is 5.69 Å². The quantitative estimate of drug-likeness (QED) is 0.374. The van der Waals surface area contributed by atoms with Crippen LogP contribution in [0.25, 0.3) is 26.9 Å². The summed E-state index contributed by atoms with van der Waals surface area (Å²) in [6.07, 6.45) is 4.21. The van der Waals surface area contributed by atoms with Crippen molar-refractivity contribution >= 4 is 45.6 Å². The van der Waals surface area contributed by atoms with Crippen LogP contribution in [0, 0.1) is 24.1 Å². The monoisotopic (exact) mass is 496 g/mol. The largest absolute Gasteiger partial charge is 0.335 e. The minimum absolute atomic E-state index is 0.0800. The first-order valence-electron chi connectivity index (χ1n) is 10.1. The zero-order valence-electron chi connectivity index (χ0n) is 18.2. The molecule has 11 heteroatoms. The third-order valence-electron chi connectivity index (χ3n) is 5.14. The maximum atomic E-state index is 13.5. The van der Waals surface area contributed by atoms with Gasteiger partial charge in [-0.15, -0.1) is 11.3 Å². The molecule has 3 aromatic heterocycles. The Bertz CT molecular complexity index is 1600. The van der Waals surface area contributed by atoms with Crippen molar-refractivity contribution in [3.05, 3.63) is 79.6 Å². The molecule has 4 aromatic rings. The summed E-state index contributed by atoms with van der Waals surface area (Å²) in [7, 11) is 1.81. The number of aliphatic imine (C=N–C) groups is 1. The number of aryl methyl sites for hydroxylation is 3. The van der Waals surface area contributed by atoms with Crippen molar-refractivity contribution < 1.29 is 4.39 Å². The van der Waals surface area contributed by atoms with Gasteiger partial charge in [0.05, 0.1) is 29.2 Å². The Hall–Kier alpha value is -3.81. The fourth-order valence-electron chi connectivity index (χ4n) is 3.37. The molecule has 0 spiro atoms. The highest BCUT2D eigenvalue weighted by Gasteiger charge is 2.17. The minimum Gasteiger partial charge on any atom is -0.291 e. The first-order valence-corrected chi connectivity index (χ1v) is 11.3. The molecular weight excluding hydrogens is 479 g/mol. The van der Waals surface area contributed by atoms with Crippen molar-refractivity contribution in [3.63, 3.8) is 0 Å². The Balaban J connectivity index is 1.81. The second-order valence-corrected chi connectivity index (χ2v) is 8.84. The summed E-state index contributed by atoms with van der Waals surface area (Å²) in [5.74, 6) is -0.477. The van der Waals surface area contributed by atoms with Crippen LogP contribution in [-0.2, 0) is 13.6 Å². The molecule has 0 aliphatic rings. The zero-order chi connectivity index (χ0) is 24.4. The van der Waals surface area contributed by atoms with E-state index in [2.05, 4.69) is 10.1 Å². The van der Waals surface area contributed by atoms with Crippen LogP contribution in [0.2, 0.25) is 5.02 Å². The summed E-state index contributed by atoms with van der Waals surface area (Å²) in [4.78, 5) is 31.0. The lowest BCUT2D eigenvalue weighted by atomic mass is 10.2. The number of thiophene rings is 1. The maximum absolute atomic E-state index is 13.5. The van der Waals surface area contributed by atoms with Crippen LogP contribution in [-0.4, -0.2) is 25.1 Å². The fourth-order valence-corrected chi connectivity index (χ4v) is 4.83. The highest BCUT2D eigenvalue weighted by atomic mass is 35.5. The van der Waals surface area contributed by atoms with Crippen LogP contribution in [0.4, 0.5) is 4.39 Å². The van der Waals surface area contributed by atoms with Crippen LogP contribution in [0.5, 0.6) is 0 Å². The van der Waals surface area contributed by atoms with Gasteiger partial charge in [-0.1, -0.05) is 11.6 Å². The van der Waals surface area contributed by atoms with Crippen LogP contribution in [0.3, 0.4) is 0 Å².